The van der Waals surface area contributed by atoms with Crippen LogP contribution in [-0.2, 0) is 20.9 Å². The van der Waals surface area contributed by atoms with E-state index in [2.05, 4.69) is 10.6 Å². The molecule has 0 heterocycles. The largest absolute Gasteiger partial charge is 0.444 e. The number of carbonyl (C=O) groups excluding carboxylic acids is 3. The zero-order chi connectivity index (χ0) is 28.3. The lowest BCUT2D eigenvalue weighted by molar-refractivity contribution is -0.143. The summed E-state index contributed by atoms with van der Waals surface area (Å²) < 4.78 is 5.40. The summed E-state index contributed by atoms with van der Waals surface area (Å²) in [5, 5.41) is 15.6. The van der Waals surface area contributed by atoms with Gasteiger partial charge in [0.1, 0.15) is 17.7 Å². The molecule has 3 amide bonds. The molecule has 2 atom stereocenters. The number of benzene rings is 2. The highest BCUT2D eigenvalue weighted by Gasteiger charge is 2.36. The number of carbonyl (C=O) groups is 3. The van der Waals surface area contributed by atoms with Crippen molar-refractivity contribution in [3.63, 3.8) is 0 Å². The summed E-state index contributed by atoms with van der Waals surface area (Å²) >= 11 is 1.54. The molecule has 2 aromatic carbocycles. The maximum absolute atomic E-state index is 14.0. The molecule has 2 rings (SSSR count). The van der Waals surface area contributed by atoms with Gasteiger partial charge in [0.25, 0.3) is 0 Å². The van der Waals surface area contributed by atoms with Gasteiger partial charge >= 0.3 is 6.09 Å². The zero-order valence-electron chi connectivity index (χ0n) is 23.2. The number of hydrogen-bond acceptors (Lipinski definition) is 6. The Morgan fingerprint density at radius 2 is 1.76 bits per heavy atom. The molecule has 0 saturated heterocycles. The van der Waals surface area contributed by atoms with Crippen molar-refractivity contribution in [1.82, 2.24) is 15.5 Å². The van der Waals surface area contributed by atoms with E-state index in [9.17, 15) is 19.5 Å². The number of thioether (sulfide) groups is 1. The Labute approximate surface area is 230 Å². The molecule has 8 nitrogen and oxygen atoms in total. The first-order chi connectivity index (χ1) is 18.0. The fraction of sp³-hybridized carbons (Fsp3) is 0.483. The van der Waals surface area contributed by atoms with Crippen molar-refractivity contribution >= 4 is 29.7 Å². The predicted octanol–water partition coefficient (Wildman–Crippen LogP) is 4.13. The van der Waals surface area contributed by atoms with Crippen molar-refractivity contribution < 1.29 is 24.2 Å². The summed E-state index contributed by atoms with van der Waals surface area (Å²) in [5.74, 6) is -0.224. The number of rotatable bonds is 12. The Morgan fingerprint density at radius 3 is 2.37 bits per heavy atom. The van der Waals surface area contributed by atoms with E-state index in [-0.39, 0.29) is 25.6 Å². The van der Waals surface area contributed by atoms with E-state index >= 15 is 0 Å². The van der Waals surface area contributed by atoms with E-state index < -0.39 is 29.7 Å². The van der Waals surface area contributed by atoms with Gasteiger partial charge in [0.05, 0.1) is 6.61 Å². The second-order valence-electron chi connectivity index (χ2n) is 10.2. The molecule has 0 bridgehead atoms. The minimum atomic E-state index is -1.00. The molecule has 0 spiro atoms. The van der Waals surface area contributed by atoms with Crippen molar-refractivity contribution in [2.24, 2.45) is 0 Å². The first-order valence-corrected chi connectivity index (χ1v) is 14.1. The maximum atomic E-state index is 14.0. The predicted molar refractivity (Wildman–Crippen MR) is 152 cm³/mol. The number of nitrogens with one attached hydrogen (secondary N) is 2. The van der Waals surface area contributed by atoms with Crippen LogP contribution in [0.3, 0.4) is 0 Å². The summed E-state index contributed by atoms with van der Waals surface area (Å²) in [6.07, 6.45) is 1.54. The molecule has 208 valence electrons. The molecule has 0 saturated carbocycles. The number of amides is 3. The SMILES string of the molecule is CSCCC(NC(=O)OC(C)(C)C)C(=O)N(CCO)C(C(=O)NCc1ccccc1)c1cc(C)ccc1C. The lowest BCUT2D eigenvalue weighted by Gasteiger charge is -2.35. The van der Waals surface area contributed by atoms with Crippen LogP contribution in [-0.4, -0.2) is 64.7 Å². The molecule has 0 radical (unpaired) electrons. The normalized spacial score (nSPS) is 12.8. The third-order valence-electron chi connectivity index (χ3n) is 5.82. The van der Waals surface area contributed by atoms with Crippen LogP contribution < -0.4 is 10.6 Å². The highest BCUT2D eigenvalue weighted by Crippen LogP contribution is 2.27. The van der Waals surface area contributed by atoms with Crippen LogP contribution in [0.5, 0.6) is 0 Å². The average molecular weight is 544 g/mol. The minimum Gasteiger partial charge on any atom is -0.444 e. The summed E-state index contributed by atoms with van der Waals surface area (Å²) in [4.78, 5) is 41.7. The molecule has 2 aromatic rings. The lowest BCUT2D eigenvalue weighted by Crippen LogP contribution is -2.54. The minimum absolute atomic E-state index is 0.0819. The second-order valence-corrected chi connectivity index (χ2v) is 11.2. The Bertz CT molecular complexity index is 1070. The molecule has 0 aliphatic heterocycles. The number of aryl methyl sites for hydroxylation is 2. The highest BCUT2D eigenvalue weighted by molar-refractivity contribution is 7.98. The van der Waals surface area contributed by atoms with Crippen LogP contribution in [0.25, 0.3) is 0 Å². The van der Waals surface area contributed by atoms with Gasteiger partial charge in [-0.1, -0.05) is 54.1 Å². The maximum Gasteiger partial charge on any atom is 0.408 e. The van der Waals surface area contributed by atoms with Gasteiger partial charge in [0, 0.05) is 13.1 Å². The van der Waals surface area contributed by atoms with Gasteiger partial charge in [-0.2, -0.15) is 11.8 Å². The van der Waals surface area contributed by atoms with Crippen LogP contribution in [0, 0.1) is 13.8 Å². The van der Waals surface area contributed by atoms with E-state index in [0.717, 1.165) is 16.7 Å². The smallest absolute Gasteiger partial charge is 0.408 e. The Hall–Kier alpha value is -3.04. The van der Waals surface area contributed by atoms with Crippen LogP contribution in [0.2, 0.25) is 0 Å². The molecular weight excluding hydrogens is 502 g/mol. The Morgan fingerprint density at radius 1 is 1.08 bits per heavy atom. The van der Waals surface area contributed by atoms with Gasteiger partial charge < -0.3 is 25.4 Å². The first kappa shape index (κ1) is 31.2. The highest BCUT2D eigenvalue weighted by atomic mass is 32.2. The summed E-state index contributed by atoms with van der Waals surface area (Å²) in [7, 11) is 0. The Kier molecular flexibility index (Phi) is 12.1. The monoisotopic (exact) mass is 543 g/mol. The van der Waals surface area contributed by atoms with Gasteiger partial charge in [-0.15, -0.1) is 0 Å². The number of hydrogen-bond donors (Lipinski definition) is 3. The molecule has 9 heteroatoms. The van der Waals surface area contributed by atoms with Crippen molar-refractivity contribution in [1.29, 1.82) is 0 Å². The fourth-order valence-corrected chi connectivity index (χ4v) is 4.48. The quantitative estimate of drug-likeness (QED) is 0.372. The van der Waals surface area contributed by atoms with E-state index in [4.69, 9.17) is 4.74 Å². The van der Waals surface area contributed by atoms with E-state index in [1.807, 2.05) is 68.6 Å². The summed E-state index contributed by atoms with van der Waals surface area (Å²) in [6, 6.07) is 13.3. The molecule has 38 heavy (non-hydrogen) atoms. The summed E-state index contributed by atoms with van der Waals surface area (Å²) in [6.45, 7) is 8.91. The van der Waals surface area contributed by atoms with Gasteiger partial charge in [-0.3, -0.25) is 9.59 Å². The van der Waals surface area contributed by atoms with Crippen LogP contribution in [0.4, 0.5) is 4.79 Å². The molecule has 3 N–H and O–H groups in total. The number of ether oxygens (including phenoxy) is 1. The topological polar surface area (TPSA) is 108 Å². The molecule has 0 aliphatic carbocycles. The number of nitrogens with zero attached hydrogens (tertiary/aromatic N) is 1. The average Bonchev–Trinajstić information content (AvgIpc) is 2.86. The zero-order valence-corrected chi connectivity index (χ0v) is 24.1. The Balaban J connectivity index is 2.46. The molecule has 0 aliphatic rings. The third kappa shape index (κ3) is 9.68. The van der Waals surface area contributed by atoms with Crippen molar-refractivity contribution in [3.8, 4) is 0 Å². The van der Waals surface area contributed by atoms with Crippen molar-refractivity contribution in [2.75, 3.05) is 25.2 Å². The van der Waals surface area contributed by atoms with Crippen molar-refractivity contribution in [3.05, 3.63) is 70.8 Å². The van der Waals surface area contributed by atoms with E-state index in [1.165, 1.54) is 4.90 Å². The van der Waals surface area contributed by atoms with Gasteiger partial charge in [-0.25, -0.2) is 4.79 Å². The van der Waals surface area contributed by atoms with E-state index in [0.29, 0.717) is 17.7 Å². The molecular formula is C29H41N3O5S. The summed E-state index contributed by atoms with van der Waals surface area (Å²) in [5.41, 5.74) is 2.63. The standard InChI is InChI=1S/C29H41N3O5S/c1-20-12-13-21(2)23(18-20)25(26(34)30-19-22-10-8-7-9-11-22)32(15-16-33)27(35)24(14-17-38-6)31-28(36)37-29(3,4)5/h7-13,18,24-25,33H,14-17,19H2,1-6H3,(H,30,34)(H,31,36). The second kappa shape index (κ2) is 14.8. The number of aliphatic hydroxyl groups is 1. The molecule has 0 fully saturated rings. The van der Waals surface area contributed by atoms with Crippen molar-refractivity contribution in [2.45, 2.75) is 65.3 Å². The van der Waals surface area contributed by atoms with Crippen LogP contribution in [0.15, 0.2) is 48.5 Å². The molecule has 2 unspecified atom stereocenters. The lowest BCUT2D eigenvalue weighted by atomic mass is 9.96. The van der Waals surface area contributed by atoms with Crippen LogP contribution in [0.1, 0.15) is 55.5 Å². The van der Waals surface area contributed by atoms with Gasteiger partial charge in [-0.05, 0) is 69.7 Å². The van der Waals surface area contributed by atoms with Gasteiger partial charge in [0.15, 0.2) is 0 Å². The fourth-order valence-electron chi connectivity index (χ4n) is 4.00. The van der Waals surface area contributed by atoms with Crippen LogP contribution >= 0.6 is 11.8 Å². The van der Waals surface area contributed by atoms with E-state index in [1.54, 1.807) is 32.5 Å². The molecule has 0 aromatic heterocycles. The number of alkyl carbamates (subject to hydrolysis) is 1. The third-order valence-corrected chi connectivity index (χ3v) is 6.47. The van der Waals surface area contributed by atoms with Gasteiger partial charge in [0.2, 0.25) is 11.8 Å². The number of aliphatic hydroxyl groups excluding tert-OH is 1. The first-order valence-electron chi connectivity index (χ1n) is 12.8.